The standard InChI is InChI=1S/C16H20N2O4/c1-9(11-4-3-5-12(8-11)18-10(2)19)17-15(20)13-6-7-14(13)16(21)22/h3-5,8-9,13-14H,6-7H2,1-2H3,(H,17,20)(H,18,19)(H,21,22). The van der Waals surface area contributed by atoms with Crippen LogP contribution < -0.4 is 10.6 Å². The van der Waals surface area contributed by atoms with Crippen LogP contribution in [0.4, 0.5) is 5.69 Å². The van der Waals surface area contributed by atoms with E-state index >= 15 is 0 Å². The van der Waals surface area contributed by atoms with Gasteiger partial charge in [-0.3, -0.25) is 14.4 Å². The number of rotatable bonds is 5. The monoisotopic (exact) mass is 304 g/mol. The lowest BCUT2D eigenvalue weighted by molar-refractivity contribution is -0.152. The number of carbonyl (C=O) groups excluding carboxylic acids is 2. The average molecular weight is 304 g/mol. The molecule has 6 heteroatoms. The summed E-state index contributed by atoms with van der Waals surface area (Å²) in [5.41, 5.74) is 1.52. The molecular weight excluding hydrogens is 284 g/mol. The van der Waals surface area contributed by atoms with Gasteiger partial charge < -0.3 is 15.7 Å². The summed E-state index contributed by atoms with van der Waals surface area (Å²) in [5.74, 6) is -2.31. The Morgan fingerprint density at radius 2 is 1.91 bits per heavy atom. The molecule has 1 aromatic rings. The van der Waals surface area contributed by atoms with Crippen LogP contribution in [0, 0.1) is 11.8 Å². The van der Waals surface area contributed by atoms with Crippen molar-refractivity contribution < 1.29 is 19.5 Å². The second-order valence-corrected chi connectivity index (χ2v) is 5.67. The molecule has 1 fully saturated rings. The van der Waals surface area contributed by atoms with Crippen molar-refractivity contribution in [2.75, 3.05) is 5.32 Å². The Bertz CT molecular complexity index is 600. The number of carboxylic acid groups (broad SMARTS) is 1. The first-order valence-electron chi connectivity index (χ1n) is 7.29. The highest BCUT2D eigenvalue weighted by molar-refractivity contribution is 5.89. The molecule has 1 aromatic carbocycles. The molecule has 0 spiro atoms. The van der Waals surface area contributed by atoms with Crippen LogP contribution >= 0.6 is 0 Å². The van der Waals surface area contributed by atoms with Gasteiger partial charge in [-0.1, -0.05) is 12.1 Å². The zero-order chi connectivity index (χ0) is 16.3. The molecule has 6 nitrogen and oxygen atoms in total. The predicted octanol–water partition coefficient (Wildman–Crippen LogP) is 1.93. The van der Waals surface area contributed by atoms with E-state index in [2.05, 4.69) is 10.6 Å². The van der Waals surface area contributed by atoms with Crippen molar-refractivity contribution in [1.82, 2.24) is 5.32 Å². The van der Waals surface area contributed by atoms with Gasteiger partial charge in [0.25, 0.3) is 0 Å². The van der Waals surface area contributed by atoms with Crippen LogP contribution in [0.5, 0.6) is 0 Å². The number of benzene rings is 1. The summed E-state index contributed by atoms with van der Waals surface area (Å²) in [6.45, 7) is 3.26. The SMILES string of the molecule is CC(=O)Nc1cccc(C(C)NC(=O)C2CCC2C(=O)O)c1. The Hall–Kier alpha value is -2.37. The van der Waals surface area contributed by atoms with E-state index in [1.54, 1.807) is 18.2 Å². The van der Waals surface area contributed by atoms with Crippen molar-refractivity contribution in [3.05, 3.63) is 29.8 Å². The third-order valence-electron chi connectivity index (χ3n) is 3.99. The van der Waals surface area contributed by atoms with E-state index in [4.69, 9.17) is 5.11 Å². The predicted molar refractivity (Wildman–Crippen MR) is 81.2 cm³/mol. The highest BCUT2D eigenvalue weighted by Crippen LogP contribution is 2.35. The molecule has 0 aliphatic heterocycles. The molecule has 1 aliphatic rings. The van der Waals surface area contributed by atoms with Crippen LogP contribution in [-0.2, 0) is 14.4 Å². The van der Waals surface area contributed by atoms with Gasteiger partial charge in [0.1, 0.15) is 0 Å². The van der Waals surface area contributed by atoms with Crippen LogP contribution in [0.15, 0.2) is 24.3 Å². The maximum absolute atomic E-state index is 12.1. The van der Waals surface area contributed by atoms with Crippen LogP contribution in [0.2, 0.25) is 0 Å². The number of carbonyl (C=O) groups is 3. The first kappa shape index (κ1) is 16.0. The van der Waals surface area contributed by atoms with Gasteiger partial charge in [-0.25, -0.2) is 0 Å². The van der Waals surface area contributed by atoms with Gasteiger partial charge in [-0.15, -0.1) is 0 Å². The lowest BCUT2D eigenvalue weighted by Crippen LogP contribution is -2.44. The second kappa shape index (κ2) is 6.60. The lowest BCUT2D eigenvalue weighted by Gasteiger charge is -2.33. The molecule has 0 bridgehead atoms. The summed E-state index contributed by atoms with van der Waals surface area (Å²) in [6, 6.07) is 6.96. The van der Waals surface area contributed by atoms with Crippen molar-refractivity contribution in [2.24, 2.45) is 11.8 Å². The highest BCUT2D eigenvalue weighted by atomic mass is 16.4. The van der Waals surface area contributed by atoms with Crippen LogP contribution in [-0.4, -0.2) is 22.9 Å². The zero-order valence-electron chi connectivity index (χ0n) is 12.6. The molecule has 1 aliphatic carbocycles. The molecule has 0 heterocycles. The largest absolute Gasteiger partial charge is 0.481 e. The van der Waals surface area contributed by atoms with Gasteiger partial charge in [-0.05, 0) is 37.5 Å². The smallest absolute Gasteiger partial charge is 0.307 e. The van der Waals surface area contributed by atoms with E-state index < -0.39 is 17.8 Å². The molecule has 22 heavy (non-hydrogen) atoms. The Labute approximate surface area is 128 Å². The lowest BCUT2D eigenvalue weighted by atomic mass is 9.73. The fourth-order valence-electron chi connectivity index (χ4n) is 2.60. The minimum atomic E-state index is -0.910. The van der Waals surface area contributed by atoms with Crippen LogP contribution in [0.1, 0.15) is 38.3 Å². The number of hydrogen-bond acceptors (Lipinski definition) is 3. The van der Waals surface area contributed by atoms with Crippen molar-refractivity contribution in [3.8, 4) is 0 Å². The molecule has 2 rings (SSSR count). The first-order valence-corrected chi connectivity index (χ1v) is 7.29. The molecule has 2 amide bonds. The highest BCUT2D eigenvalue weighted by Gasteiger charge is 2.41. The van der Waals surface area contributed by atoms with Gasteiger partial charge in [0, 0.05) is 12.6 Å². The van der Waals surface area contributed by atoms with Crippen LogP contribution in [0.3, 0.4) is 0 Å². The van der Waals surface area contributed by atoms with Crippen LogP contribution in [0.25, 0.3) is 0 Å². The van der Waals surface area contributed by atoms with Crippen molar-refractivity contribution in [3.63, 3.8) is 0 Å². The third-order valence-corrected chi connectivity index (χ3v) is 3.99. The number of carboxylic acids is 1. The van der Waals surface area contributed by atoms with E-state index in [1.807, 2.05) is 13.0 Å². The van der Waals surface area contributed by atoms with Gasteiger partial charge in [-0.2, -0.15) is 0 Å². The second-order valence-electron chi connectivity index (χ2n) is 5.67. The maximum Gasteiger partial charge on any atom is 0.307 e. The van der Waals surface area contributed by atoms with E-state index in [-0.39, 0.29) is 17.9 Å². The molecule has 0 aromatic heterocycles. The van der Waals surface area contributed by atoms with E-state index in [1.165, 1.54) is 6.92 Å². The number of nitrogens with one attached hydrogen (secondary N) is 2. The summed E-state index contributed by atoms with van der Waals surface area (Å²) >= 11 is 0. The van der Waals surface area contributed by atoms with Gasteiger partial charge in [0.2, 0.25) is 11.8 Å². The van der Waals surface area contributed by atoms with Gasteiger partial charge in [0.15, 0.2) is 0 Å². The number of hydrogen-bond donors (Lipinski definition) is 3. The summed E-state index contributed by atoms with van der Waals surface area (Å²) in [5, 5.41) is 14.5. The molecule has 0 radical (unpaired) electrons. The summed E-state index contributed by atoms with van der Waals surface area (Å²) in [4.78, 5) is 34.2. The Balaban J connectivity index is 2.00. The van der Waals surface area contributed by atoms with E-state index in [9.17, 15) is 14.4 Å². The first-order chi connectivity index (χ1) is 10.4. The molecular formula is C16H20N2O4. The minimum Gasteiger partial charge on any atom is -0.481 e. The average Bonchev–Trinajstić information content (AvgIpc) is 2.35. The van der Waals surface area contributed by atoms with Gasteiger partial charge >= 0.3 is 5.97 Å². The van der Waals surface area contributed by atoms with Gasteiger partial charge in [0.05, 0.1) is 17.9 Å². The Morgan fingerprint density at radius 1 is 1.23 bits per heavy atom. The molecule has 0 saturated heterocycles. The molecule has 1 saturated carbocycles. The van der Waals surface area contributed by atoms with E-state index in [0.29, 0.717) is 18.5 Å². The normalized spacial score (nSPS) is 21.4. The van der Waals surface area contributed by atoms with E-state index in [0.717, 1.165) is 5.56 Å². The number of aliphatic carboxylic acids is 1. The molecule has 3 unspecified atom stereocenters. The summed E-state index contributed by atoms with van der Waals surface area (Å²) < 4.78 is 0. The molecule has 3 atom stereocenters. The summed E-state index contributed by atoms with van der Waals surface area (Å²) in [7, 11) is 0. The fourth-order valence-corrected chi connectivity index (χ4v) is 2.60. The quantitative estimate of drug-likeness (QED) is 0.774. The molecule has 3 N–H and O–H groups in total. The Kier molecular flexibility index (Phi) is 4.80. The van der Waals surface area contributed by atoms with Crippen molar-refractivity contribution >= 4 is 23.5 Å². The fraction of sp³-hybridized carbons (Fsp3) is 0.438. The zero-order valence-corrected chi connectivity index (χ0v) is 12.6. The topological polar surface area (TPSA) is 95.5 Å². The van der Waals surface area contributed by atoms with Crippen molar-refractivity contribution in [2.45, 2.75) is 32.7 Å². The molecule has 118 valence electrons. The third kappa shape index (κ3) is 3.63. The van der Waals surface area contributed by atoms with Crippen molar-refractivity contribution in [1.29, 1.82) is 0 Å². The summed E-state index contributed by atoms with van der Waals surface area (Å²) in [6.07, 6.45) is 1.17. The number of amides is 2. The Morgan fingerprint density at radius 3 is 2.45 bits per heavy atom. The number of anilines is 1. The maximum atomic E-state index is 12.1. The minimum absolute atomic E-state index is 0.160.